The lowest BCUT2D eigenvalue weighted by Gasteiger charge is -2.22. The molecule has 0 N–H and O–H groups in total. The number of hydrogen-bond donors (Lipinski definition) is 0. The van der Waals surface area contributed by atoms with Gasteiger partial charge in [0, 0.05) is 25.6 Å². The monoisotopic (exact) mass is 366 g/mol. The Morgan fingerprint density at radius 1 is 1.04 bits per heavy atom. The van der Waals surface area contributed by atoms with E-state index in [0.717, 1.165) is 29.0 Å². The van der Waals surface area contributed by atoms with Crippen LogP contribution in [-0.4, -0.2) is 31.6 Å². The molecule has 0 bridgehead atoms. The maximum Gasteiger partial charge on any atom is 0.223 e. The summed E-state index contributed by atoms with van der Waals surface area (Å²) in [4.78, 5) is 14.6. The van der Waals surface area contributed by atoms with Crippen LogP contribution in [0.15, 0.2) is 42.5 Å². The van der Waals surface area contributed by atoms with Gasteiger partial charge in [-0.2, -0.15) is 5.26 Å². The van der Waals surface area contributed by atoms with E-state index < -0.39 is 0 Å². The van der Waals surface area contributed by atoms with E-state index in [9.17, 15) is 4.79 Å². The van der Waals surface area contributed by atoms with Gasteiger partial charge in [-0.25, -0.2) is 0 Å². The predicted octanol–water partition coefficient (Wildman–Crippen LogP) is 3.95. The van der Waals surface area contributed by atoms with Crippen molar-refractivity contribution in [3.05, 3.63) is 59.2 Å². The zero-order chi connectivity index (χ0) is 19.6. The van der Waals surface area contributed by atoms with Crippen LogP contribution in [0.25, 0.3) is 0 Å². The van der Waals surface area contributed by atoms with E-state index in [1.165, 1.54) is 0 Å². The summed E-state index contributed by atoms with van der Waals surface area (Å²) in [6.45, 7) is 3.33. The third kappa shape index (κ3) is 6.03. The van der Waals surface area contributed by atoms with Crippen LogP contribution >= 0.6 is 0 Å². The van der Waals surface area contributed by atoms with Crippen molar-refractivity contribution in [3.63, 3.8) is 0 Å². The van der Waals surface area contributed by atoms with Crippen molar-refractivity contribution in [2.24, 2.45) is 0 Å². The van der Waals surface area contributed by atoms with Gasteiger partial charge in [-0.15, -0.1) is 0 Å². The number of amides is 1. The highest BCUT2D eigenvalue weighted by Gasteiger charge is 2.14. The topological polar surface area (TPSA) is 62.6 Å². The molecule has 2 aromatic carbocycles. The zero-order valence-electron chi connectivity index (χ0n) is 16.2. The minimum absolute atomic E-state index is 0.114. The highest BCUT2D eigenvalue weighted by Crippen LogP contribution is 2.23. The SMILES string of the molecule is CCCN(Cc1ccc(C#N)cc1)C(=O)CCc1cc(OC)cc(OC)c1. The molecule has 142 valence electrons. The number of carbonyl (C=O) groups excluding carboxylic acids is 1. The molecule has 2 aromatic rings. The number of nitriles is 1. The van der Waals surface area contributed by atoms with Crippen LogP contribution in [0.1, 0.15) is 36.5 Å². The minimum Gasteiger partial charge on any atom is -0.497 e. The van der Waals surface area contributed by atoms with Crippen molar-refractivity contribution < 1.29 is 14.3 Å². The first-order chi connectivity index (χ1) is 13.1. The van der Waals surface area contributed by atoms with E-state index in [4.69, 9.17) is 14.7 Å². The van der Waals surface area contributed by atoms with Gasteiger partial charge in [0.25, 0.3) is 0 Å². The molecule has 0 aliphatic heterocycles. The van der Waals surface area contributed by atoms with Crippen LogP contribution in [0.4, 0.5) is 0 Å². The van der Waals surface area contributed by atoms with Gasteiger partial charge in [0.1, 0.15) is 11.5 Å². The molecule has 0 radical (unpaired) electrons. The fourth-order valence-corrected chi connectivity index (χ4v) is 2.89. The Balaban J connectivity index is 2.03. The van der Waals surface area contributed by atoms with Crippen molar-refractivity contribution in [2.45, 2.75) is 32.7 Å². The summed E-state index contributed by atoms with van der Waals surface area (Å²) >= 11 is 0. The number of hydrogen-bond acceptors (Lipinski definition) is 4. The second kappa shape index (κ2) is 10.2. The Morgan fingerprint density at radius 2 is 1.67 bits per heavy atom. The van der Waals surface area contributed by atoms with E-state index in [1.807, 2.05) is 35.2 Å². The highest BCUT2D eigenvalue weighted by molar-refractivity contribution is 5.76. The summed E-state index contributed by atoms with van der Waals surface area (Å²) in [7, 11) is 3.23. The van der Waals surface area contributed by atoms with E-state index >= 15 is 0 Å². The van der Waals surface area contributed by atoms with Crippen molar-refractivity contribution in [1.82, 2.24) is 4.90 Å². The Kier molecular flexibility index (Phi) is 7.69. The molecule has 0 unspecified atom stereocenters. The van der Waals surface area contributed by atoms with Crippen LogP contribution in [0.5, 0.6) is 11.5 Å². The summed E-state index contributed by atoms with van der Waals surface area (Å²) in [5.41, 5.74) is 2.66. The van der Waals surface area contributed by atoms with Crippen molar-refractivity contribution in [2.75, 3.05) is 20.8 Å². The summed E-state index contributed by atoms with van der Waals surface area (Å²) in [5, 5.41) is 8.90. The average molecular weight is 366 g/mol. The lowest BCUT2D eigenvalue weighted by atomic mass is 10.1. The molecule has 0 atom stereocenters. The molecule has 1 amide bonds. The fraction of sp³-hybridized carbons (Fsp3) is 0.364. The number of benzene rings is 2. The Labute approximate surface area is 161 Å². The highest BCUT2D eigenvalue weighted by atomic mass is 16.5. The quantitative estimate of drug-likeness (QED) is 0.674. The van der Waals surface area contributed by atoms with Crippen LogP contribution in [0.2, 0.25) is 0 Å². The summed E-state index contributed by atoms with van der Waals surface area (Å²) in [6.07, 6.45) is 1.95. The Hall–Kier alpha value is -3.00. The second-order valence-corrected chi connectivity index (χ2v) is 6.34. The number of ether oxygens (including phenoxy) is 2. The number of methoxy groups -OCH3 is 2. The van der Waals surface area contributed by atoms with Crippen LogP contribution in [0.3, 0.4) is 0 Å². The third-order valence-corrected chi connectivity index (χ3v) is 4.34. The molecular weight excluding hydrogens is 340 g/mol. The zero-order valence-corrected chi connectivity index (χ0v) is 16.2. The van der Waals surface area contributed by atoms with Gasteiger partial charge in [0.2, 0.25) is 5.91 Å². The molecule has 0 saturated heterocycles. The maximum atomic E-state index is 12.8. The van der Waals surface area contributed by atoms with Crippen LogP contribution in [0, 0.1) is 11.3 Å². The van der Waals surface area contributed by atoms with Gasteiger partial charge >= 0.3 is 0 Å². The lowest BCUT2D eigenvalue weighted by Crippen LogP contribution is -2.31. The Morgan fingerprint density at radius 3 is 2.19 bits per heavy atom. The Bertz CT molecular complexity index is 772. The van der Waals surface area contributed by atoms with Gasteiger partial charge in [-0.3, -0.25) is 4.79 Å². The standard InChI is InChI=1S/C22H26N2O3/c1-4-11-24(16-18-7-5-17(15-23)6-8-18)22(25)10-9-19-12-20(26-2)14-21(13-19)27-3/h5-8,12-14H,4,9-11,16H2,1-3H3. The predicted molar refractivity (Wildman–Crippen MR) is 105 cm³/mol. The largest absolute Gasteiger partial charge is 0.497 e. The molecule has 27 heavy (non-hydrogen) atoms. The molecule has 5 nitrogen and oxygen atoms in total. The number of rotatable bonds is 9. The van der Waals surface area contributed by atoms with Gasteiger partial charge in [-0.05, 0) is 48.2 Å². The van der Waals surface area contributed by atoms with Crippen LogP contribution < -0.4 is 9.47 Å². The molecular formula is C22H26N2O3. The normalized spacial score (nSPS) is 10.1. The summed E-state index contributed by atoms with van der Waals surface area (Å²) in [5.74, 6) is 1.56. The lowest BCUT2D eigenvalue weighted by molar-refractivity contribution is -0.131. The molecule has 0 aliphatic carbocycles. The molecule has 0 spiro atoms. The van der Waals surface area contributed by atoms with E-state index in [1.54, 1.807) is 26.4 Å². The molecule has 2 rings (SSSR count). The van der Waals surface area contributed by atoms with Crippen molar-refractivity contribution in [1.29, 1.82) is 5.26 Å². The van der Waals surface area contributed by atoms with Crippen molar-refractivity contribution in [3.8, 4) is 17.6 Å². The molecule has 0 saturated carbocycles. The maximum absolute atomic E-state index is 12.8. The first-order valence-electron chi connectivity index (χ1n) is 9.08. The molecule has 0 fully saturated rings. The van der Waals surface area contributed by atoms with Gasteiger partial charge < -0.3 is 14.4 Å². The number of aryl methyl sites for hydroxylation is 1. The van der Waals surface area contributed by atoms with Gasteiger partial charge in [-0.1, -0.05) is 19.1 Å². The number of carbonyl (C=O) groups is 1. The van der Waals surface area contributed by atoms with Crippen LogP contribution in [-0.2, 0) is 17.8 Å². The van der Waals surface area contributed by atoms with E-state index in [2.05, 4.69) is 13.0 Å². The van der Waals surface area contributed by atoms with Gasteiger partial charge in [0.15, 0.2) is 0 Å². The molecule has 5 heteroatoms. The first kappa shape index (κ1) is 20.3. The minimum atomic E-state index is 0.114. The summed E-state index contributed by atoms with van der Waals surface area (Å²) in [6, 6.07) is 15.2. The second-order valence-electron chi connectivity index (χ2n) is 6.34. The molecule has 0 aromatic heterocycles. The van der Waals surface area contributed by atoms with Gasteiger partial charge in [0.05, 0.1) is 25.9 Å². The third-order valence-electron chi connectivity index (χ3n) is 4.34. The smallest absolute Gasteiger partial charge is 0.223 e. The van der Waals surface area contributed by atoms with Crippen molar-refractivity contribution >= 4 is 5.91 Å². The van der Waals surface area contributed by atoms with E-state index in [0.29, 0.717) is 31.5 Å². The summed E-state index contributed by atoms with van der Waals surface area (Å²) < 4.78 is 10.6. The first-order valence-corrected chi connectivity index (χ1v) is 9.08. The van der Waals surface area contributed by atoms with E-state index in [-0.39, 0.29) is 5.91 Å². The number of nitrogens with zero attached hydrogens (tertiary/aromatic N) is 2. The molecule has 0 aliphatic rings. The fourth-order valence-electron chi connectivity index (χ4n) is 2.89. The molecule has 0 heterocycles. The average Bonchev–Trinajstić information content (AvgIpc) is 2.71.